The van der Waals surface area contributed by atoms with Gasteiger partial charge in [0, 0.05) is 0 Å². The summed E-state index contributed by atoms with van der Waals surface area (Å²) < 4.78 is 23.3. The van der Waals surface area contributed by atoms with Gasteiger partial charge in [-0.25, -0.2) is 9.18 Å². The smallest absolute Gasteiger partial charge is 0.352 e. The number of carbonyl (C=O) groups is 1. The number of aliphatic carboxylic acids is 1. The van der Waals surface area contributed by atoms with Crippen LogP contribution in [0.2, 0.25) is 0 Å². The average molecular weight is 321 g/mol. The Morgan fingerprint density at radius 1 is 1.22 bits per heavy atom. The maximum absolute atomic E-state index is 12.9. The predicted octanol–water partition coefficient (Wildman–Crippen LogP) is 3.38. The molecule has 8 heteroatoms. The lowest BCUT2D eigenvalue weighted by Gasteiger charge is -2.12. The molecular weight excluding hydrogens is 309 g/mol. The number of carboxylic acid groups (broad SMARTS) is 1. The van der Waals surface area contributed by atoms with Crippen molar-refractivity contribution in [2.45, 2.75) is 13.0 Å². The van der Waals surface area contributed by atoms with Gasteiger partial charge in [-0.3, -0.25) is 10.1 Å². The largest absolute Gasteiger partial charge is 0.479 e. The van der Waals surface area contributed by atoms with E-state index in [1.807, 2.05) is 0 Å². The van der Waals surface area contributed by atoms with Crippen molar-refractivity contribution < 1.29 is 28.7 Å². The van der Waals surface area contributed by atoms with Crippen LogP contribution in [0, 0.1) is 15.9 Å². The molecule has 2 aromatic rings. The van der Waals surface area contributed by atoms with Gasteiger partial charge < -0.3 is 14.6 Å². The lowest BCUT2D eigenvalue weighted by molar-refractivity contribution is -0.386. The van der Waals surface area contributed by atoms with E-state index in [4.69, 9.17) is 14.6 Å². The van der Waals surface area contributed by atoms with Crippen molar-refractivity contribution in [1.29, 1.82) is 0 Å². The van der Waals surface area contributed by atoms with Gasteiger partial charge >= 0.3 is 11.7 Å². The number of nitro groups is 1. The number of rotatable bonds is 6. The Morgan fingerprint density at radius 3 is 2.39 bits per heavy atom. The zero-order valence-electron chi connectivity index (χ0n) is 11.9. The fourth-order valence-electron chi connectivity index (χ4n) is 1.73. The van der Waals surface area contributed by atoms with Crippen LogP contribution in [-0.2, 0) is 4.79 Å². The fraction of sp³-hybridized carbons (Fsp3) is 0.133. The third-order valence-corrected chi connectivity index (χ3v) is 2.84. The van der Waals surface area contributed by atoms with Gasteiger partial charge in [-0.1, -0.05) is 6.07 Å². The SMILES string of the molecule is CC(Oc1cccc(Oc2ccc(F)cc2)c1[N+](=O)[O-])C(=O)O. The molecule has 0 saturated heterocycles. The summed E-state index contributed by atoms with van der Waals surface area (Å²) in [5, 5.41) is 20.1. The second-order valence-electron chi connectivity index (χ2n) is 4.51. The van der Waals surface area contributed by atoms with Gasteiger partial charge in [-0.05, 0) is 43.3 Å². The van der Waals surface area contributed by atoms with Gasteiger partial charge in [0.05, 0.1) is 4.92 Å². The molecule has 0 amide bonds. The summed E-state index contributed by atoms with van der Waals surface area (Å²) in [6.07, 6.45) is -1.27. The van der Waals surface area contributed by atoms with Crippen molar-refractivity contribution >= 4 is 11.7 Å². The van der Waals surface area contributed by atoms with E-state index >= 15 is 0 Å². The molecule has 23 heavy (non-hydrogen) atoms. The lowest BCUT2D eigenvalue weighted by Crippen LogP contribution is -2.23. The monoisotopic (exact) mass is 321 g/mol. The van der Waals surface area contributed by atoms with Crippen molar-refractivity contribution in [3.05, 3.63) is 58.4 Å². The van der Waals surface area contributed by atoms with Gasteiger partial charge in [0.2, 0.25) is 11.5 Å². The van der Waals surface area contributed by atoms with Crippen molar-refractivity contribution in [3.63, 3.8) is 0 Å². The highest BCUT2D eigenvalue weighted by molar-refractivity contribution is 5.72. The first-order chi connectivity index (χ1) is 10.9. The van der Waals surface area contributed by atoms with Crippen molar-refractivity contribution in [3.8, 4) is 17.2 Å². The van der Waals surface area contributed by atoms with Crippen LogP contribution in [0.3, 0.4) is 0 Å². The molecule has 0 aliphatic heterocycles. The average Bonchev–Trinajstić information content (AvgIpc) is 2.49. The van der Waals surface area contributed by atoms with Crippen LogP contribution in [0.1, 0.15) is 6.92 Å². The first kappa shape index (κ1) is 16.2. The van der Waals surface area contributed by atoms with Crippen molar-refractivity contribution in [2.24, 2.45) is 0 Å². The number of hydrogen-bond acceptors (Lipinski definition) is 5. The molecule has 0 aliphatic rings. The van der Waals surface area contributed by atoms with E-state index in [0.717, 1.165) is 12.1 Å². The van der Waals surface area contributed by atoms with Gasteiger partial charge in [0.25, 0.3) is 0 Å². The minimum absolute atomic E-state index is 0.142. The third-order valence-electron chi connectivity index (χ3n) is 2.84. The number of ether oxygens (including phenoxy) is 2. The van der Waals surface area contributed by atoms with E-state index in [9.17, 15) is 19.3 Å². The molecule has 1 N–H and O–H groups in total. The minimum atomic E-state index is -1.27. The number of halogens is 1. The summed E-state index contributed by atoms with van der Waals surface area (Å²) in [6, 6.07) is 8.95. The van der Waals surface area contributed by atoms with E-state index in [0.29, 0.717) is 0 Å². The molecule has 7 nitrogen and oxygen atoms in total. The third kappa shape index (κ3) is 3.94. The summed E-state index contributed by atoms with van der Waals surface area (Å²) in [6.45, 7) is 1.25. The Labute approximate surface area is 130 Å². The Bertz CT molecular complexity index is 731. The van der Waals surface area contributed by atoms with Crippen LogP contribution >= 0.6 is 0 Å². The van der Waals surface area contributed by atoms with Crippen LogP contribution in [0.4, 0.5) is 10.1 Å². The molecule has 1 atom stereocenters. The molecule has 0 radical (unpaired) electrons. The van der Waals surface area contributed by atoms with Crippen LogP contribution in [0.5, 0.6) is 17.2 Å². The molecule has 2 aromatic carbocycles. The molecule has 0 heterocycles. The molecule has 0 saturated carbocycles. The molecular formula is C15H12FNO6. The van der Waals surface area contributed by atoms with E-state index in [1.54, 1.807) is 0 Å². The highest BCUT2D eigenvalue weighted by Gasteiger charge is 2.26. The fourth-order valence-corrected chi connectivity index (χ4v) is 1.73. The zero-order valence-corrected chi connectivity index (χ0v) is 11.9. The summed E-state index contributed by atoms with van der Waals surface area (Å²) in [7, 11) is 0. The molecule has 1 unspecified atom stereocenters. The first-order valence-corrected chi connectivity index (χ1v) is 6.48. The van der Waals surface area contributed by atoms with Crippen LogP contribution in [0.15, 0.2) is 42.5 Å². The second-order valence-corrected chi connectivity index (χ2v) is 4.51. The van der Waals surface area contributed by atoms with Gasteiger partial charge in [0.1, 0.15) is 11.6 Å². The van der Waals surface area contributed by atoms with Crippen LogP contribution in [0.25, 0.3) is 0 Å². The standard InChI is InChI=1S/C15H12FNO6/c1-9(15(18)19)22-12-3-2-4-13(14(12)17(20)21)23-11-7-5-10(16)6-8-11/h2-9H,1H3,(H,18,19). The van der Waals surface area contributed by atoms with Crippen LogP contribution < -0.4 is 9.47 Å². The summed E-state index contributed by atoms with van der Waals surface area (Å²) in [5.74, 6) is -1.91. The quantitative estimate of drug-likeness (QED) is 0.647. The van der Waals surface area contributed by atoms with E-state index in [1.165, 1.54) is 37.3 Å². The predicted molar refractivity (Wildman–Crippen MR) is 77.3 cm³/mol. The minimum Gasteiger partial charge on any atom is -0.479 e. The van der Waals surface area contributed by atoms with E-state index in [2.05, 4.69) is 0 Å². The summed E-state index contributed by atoms with van der Waals surface area (Å²) in [4.78, 5) is 21.4. The Kier molecular flexibility index (Phi) is 4.75. The Morgan fingerprint density at radius 2 is 1.83 bits per heavy atom. The number of nitro benzene ring substituents is 1. The van der Waals surface area contributed by atoms with E-state index in [-0.39, 0.29) is 17.2 Å². The summed E-state index contributed by atoms with van der Waals surface area (Å²) >= 11 is 0. The molecule has 0 fully saturated rings. The van der Waals surface area contributed by atoms with Crippen molar-refractivity contribution in [2.75, 3.05) is 0 Å². The van der Waals surface area contributed by atoms with E-state index < -0.39 is 28.5 Å². The normalized spacial score (nSPS) is 11.6. The molecule has 0 aromatic heterocycles. The highest BCUT2D eigenvalue weighted by Crippen LogP contribution is 2.39. The van der Waals surface area contributed by atoms with Crippen molar-refractivity contribution in [1.82, 2.24) is 0 Å². The first-order valence-electron chi connectivity index (χ1n) is 6.48. The lowest BCUT2D eigenvalue weighted by atomic mass is 10.2. The Balaban J connectivity index is 2.37. The highest BCUT2D eigenvalue weighted by atomic mass is 19.1. The number of para-hydroxylation sites is 1. The second kappa shape index (κ2) is 6.73. The maximum Gasteiger partial charge on any atom is 0.352 e. The summed E-state index contributed by atoms with van der Waals surface area (Å²) in [5.41, 5.74) is -0.509. The number of benzene rings is 2. The number of carboxylic acids is 1. The molecule has 0 bridgehead atoms. The van der Waals surface area contributed by atoms with Gasteiger partial charge in [-0.15, -0.1) is 0 Å². The maximum atomic E-state index is 12.9. The molecule has 120 valence electrons. The zero-order chi connectivity index (χ0) is 17.0. The van der Waals surface area contributed by atoms with Crippen LogP contribution in [-0.4, -0.2) is 22.1 Å². The van der Waals surface area contributed by atoms with Gasteiger partial charge in [-0.2, -0.15) is 0 Å². The number of hydrogen-bond donors (Lipinski definition) is 1. The molecule has 0 spiro atoms. The topological polar surface area (TPSA) is 98.9 Å². The molecule has 0 aliphatic carbocycles. The van der Waals surface area contributed by atoms with Gasteiger partial charge in [0.15, 0.2) is 6.10 Å². The Hall–Kier alpha value is -3.16. The number of nitrogens with zero attached hydrogens (tertiary/aromatic N) is 1. The molecule has 2 rings (SSSR count).